The lowest BCUT2D eigenvalue weighted by Crippen LogP contribution is -2.50. The molecule has 0 unspecified atom stereocenters. The van der Waals surface area contributed by atoms with Crippen LogP contribution in [0.25, 0.3) is 0 Å². The molecule has 0 fully saturated rings. The van der Waals surface area contributed by atoms with Crippen LogP contribution in [-0.4, -0.2) is 62.6 Å². The van der Waals surface area contributed by atoms with Crippen LogP contribution in [0.1, 0.15) is 93.4 Å². The molecule has 0 radical (unpaired) electrons. The predicted octanol–water partition coefficient (Wildman–Crippen LogP) is 5.77. The normalized spacial score (nSPS) is 15.5. The fourth-order valence-corrected chi connectivity index (χ4v) is 10.8. The first-order chi connectivity index (χ1) is 16.5. The number of carbonyl (C=O) groups excluding carboxylic acids is 1. The average molecular weight is 513 g/mol. The van der Waals surface area contributed by atoms with Gasteiger partial charge in [-0.2, -0.15) is 0 Å². The number of esters is 1. The molecule has 0 rings (SSSR count). The van der Waals surface area contributed by atoms with Gasteiger partial charge in [0.25, 0.3) is 0 Å². The number of methoxy groups -OCH3 is 1. The van der Waals surface area contributed by atoms with Gasteiger partial charge in [-0.1, -0.05) is 72.8 Å². The lowest BCUT2D eigenvalue weighted by Gasteiger charge is -2.45. The minimum atomic E-state index is -2.12. The van der Waals surface area contributed by atoms with Gasteiger partial charge in [-0.15, -0.1) is 6.58 Å². The summed E-state index contributed by atoms with van der Waals surface area (Å²) in [6.45, 7) is 19.2. The van der Waals surface area contributed by atoms with E-state index in [1.54, 1.807) is 7.11 Å². The Balaban J connectivity index is 5.20. The smallest absolute Gasteiger partial charge is 0.308 e. The van der Waals surface area contributed by atoms with Crippen molar-refractivity contribution < 1.29 is 28.9 Å². The highest BCUT2D eigenvalue weighted by molar-refractivity contribution is 6.77. The van der Waals surface area contributed by atoms with E-state index >= 15 is 0 Å². The Hall–Kier alpha value is -1.17. The zero-order valence-corrected chi connectivity index (χ0v) is 24.5. The van der Waals surface area contributed by atoms with E-state index in [4.69, 9.17) is 19.0 Å². The van der Waals surface area contributed by atoms with Crippen molar-refractivity contribution in [3.63, 3.8) is 0 Å². The van der Waals surface area contributed by atoms with Crippen molar-refractivity contribution in [2.24, 2.45) is 0 Å². The topological polar surface area (TPSA) is 85.2 Å². The number of carbonyl (C=O) groups is 1. The zero-order chi connectivity index (χ0) is 27.0. The Morgan fingerprint density at radius 1 is 1.00 bits per heavy atom. The van der Waals surface area contributed by atoms with E-state index < -0.39 is 20.4 Å². The summed E-state index contributed by atoms with van der Waals surface area (Å²) in [6.07, 6.45) is 3.82. The molecule has 0 spiro atoms. The molecule has 0 saturated carbocycles. The van der Waals surface area contributed by atoms with Gasteiger partial charge in [-0.25, -0.2) is 0 Å². The Morgan fingerprint density at radius 2 is 1.60 bits per heavy atom. The third kappa shape index (κ3) is 12.1. The van der Waals surface area contributed by atoms with E-state index in [9.17, 15) is 9.90 Å². The molecular formula is C28H52O6Si. The monoisotopic (exact) mass is 512 g/mol. The maximum Gasteiger partial charge on any atom is 0.308 e. The van der Waals surface area contributed by atoms with Crippen LogP contribution in [0.15, 0.2) is 12.7 Å². The maximum absolute atomic E-state index is 12.7. The summed E-state index contributed by atoms with van der Waals surface area (Å²) in [7, 11) is -0.518. The summed E-state index contributed by atoms with van der Waals surface area (Å²) in [5.41, 5.74) is 1.30. The summed E-state index contributed by atoms with van der Waals surface area (Å²) in [6, 6.07) is 0. The molecule has 6 nitrogen and oxygen atoms in total. The van der Waals surface area contributed by atoms with Gasteiger partial charge in [-0.05, 0) is 35.9 Å². The molecule has 7 heteroatoms. The fraction of sp³-hybridized carbons (Fsp3) is 0.821. The minimum Gasteiger partial charge on any atom is -0.462 e. The molecule has 0 aliphatic carbocycles. The number of hydrogen-bond donors (Lipinski definition) is 2. The summed E-state index contributed by atoms with van der Waals surface area (Å²) in [4.78, 5) is 12.7. The minimum absolute atomic E-state index is 0.0707. The molecule has 0 aromatic heterocycles. The highest BCUT2D eigenvalue weighted by atomic mass is 28.4. The Kier molecular flexibility index (Phi) is 17.5. The van der Waals surface area contributed by atoms with Gasteiger partial charge >= 0.3 is 5.97 Å². The lowest BCUT2D eigenvalue weighted by atomic mass is 10.0. The average Bonchev–Trinajstić information content (AvgIpc) is 2.75. The van der Waals surface area contributed by atoms with Crippen molar-refractivity contribution in [3.05, 3.63) is 12.7 Å². The standard InChI is InChI=1S/C28H52O6Si/c1-10-14-26(20-25(32-9)16-12-13-17-29)33-28(31)19-24(30)18-27(15-11-2)34-35(21(3)4,22(5)6)23(7)8/h11,21-27,29-30H,2,10,14-20H2,1,3-9H3/t24-,25+,26+,27+/m1/s1. The number of ether oxygens (including phenoxy) is 2. The quantitative estimate of drug-likeness (QED) is 0.105. The molecule has 0 bridgehead atoms. The fourth-order valence-electron chi connectivity index (χ4n) is 5.23. The van der Waals surface area contributed by atoms with Crippen molar-refractivity contribution in [2.75, 3.05) is 13.7 Å². The van der Waals surface area contributed by atoms with E-state index in [1.165, 1.54) is 0 Å². The number of hydrogen-bond acceptors (Lipinski definition) is 6. The van der Waals surface area contributed by atoms with Gasteiger partial charge in [0.2, 0.25) is 8.32 Å². The van der Waals surface area contributed by atoms with Crippen molar-refractivity contribution in [2.45, 2.75) is 134 Å². The van der Waals surface area contributed by atoms with E-state index in [1.807, 2.05) is 13.0 Å². The van der Waals surface area contributed by atoms with Crippen molar-refractivity contribution in [1.29, 1.82) is 0 Å². The van der Waals surface area contributed by atoms with Gasteiger partial charge in [0.05, 0.1) is 24.7 Å². The van der Waals surface area contributed by atoms with Crippen LogP contribution in [0.3, 0.4) is 0 Å². The number of aliphatic hydroxyl groups is 2. The van der Waals surface area contributed by atoms with Gasteiger partial charge in [0.15, 0.2) is 0 Å². The second-order valence-corrected chi connectivity index (χ2v) is 15.8. The molecular weight excluding hydrogens is 460 g/mol. The van der Waals surface area contributed by atoms with Gasteiger partial charge in [0.1, 0.15) is 12.7 Å². The molecule has 0 aliphatic heterocycles. The van der Waals surface area contributed by atoms with Gasteiger partial charge < -0.3 is 24.1 Å². The van der Waals surface area contributed by atoms with Gasteiger partial charge in [-0.3, -0.25) is 4.79 Å². The molecule has 35 heavy (non-hydrogen) atoms. The van der Waals surface area contributed by atoms with Crippen LogP contribution in [0, 0.1) is 11.8 Å². The van der Waals surface area contributed by atoms with Crippen LogP contribution >= 0.6 is 0 Å². The van der Waals surface area contributed by atoms with E-state index in [0.29, 0.717) is 48.7 Å². The SMILES string of the molecule is C=CC[C@@H](C[C@@H](O)CC(=O)O[C@@H](CCC)C[C@H](CC#CCO)OC)O[Si](C(C)C)(C(C)C)C(C)C. The highest BCUT2D eigenvalue weighted by Crippen LogP contribution is 2.43. The van der Waals surface area contributed by atoms with Crippen molar-refractivity contribution in [1.82, 2.24) is 0 Å². The molecule has 0 aliphatic rings. The van der Waals surface area contributed by atoms with Gasteiger partial charge in [0, 0.05) is 20.0 Å². The summed E-state index contributed by atoms with van der Waals surface area (Å²) in [5.74, 6) is 5.08. The second-order valence-electron chi connectivity index (χ2n) is 10.4. The third-order valence-electron chi connectivity index (χ3n) is 6.75. The molecule has 0 heterocycles. The Morgan fingerprint density at radius 3 is 2.06 bits per heavy atom. The Bertz CT molecular complexity index is 630. The largest absolute Gasteiger partial charge is 0.462 e. The first-order valence-electron chi connectivity index (χ1n) is 13.2. The van der Waals surface area contributed by atoms with Crippen LogP contribution in [0.2, 0.25) is 16.6 Å². The molecule has 2 N–H and O–H groups in total. The van der Waals surface area contributed by atoms with Crippen LogP contribution < -0.4 is 0 Å². The third-order valence-corrected chi connectivity index (χ3v) is 12.9. The molecule has 204 valence electrons. The van der Waals surface area contributed by atoms with E-state index in [-0.39, 0.29) is 31.3 Å². The molecule has 0 saturated heterocycles. The predicted molar refractivity (Wildman–Crippen MR) is 146 cm³/mol. The first-order valence-corrected chi connectivity index (χ1v) is 15.4. The lowest BCUT2D eigenvalue weighted by molar-refractivity contribution is -0.153. The Labute approximate surface area is 215 Å². The van der Waals surface area contributed by atoms with E-state index in [2.05, 4.69) is 60.0 Å². The summed E-state index contributed by atoms with van der Waals surface area (Å²) < 4.78 is 18.1. The summed E-state index contributed by atoms with van der Waals surface area (Å²) >= 11 is 0. The molecule has 4 atom stereocenters. The van der Waals surface area contributed by atoms with Crippen LogP contribution in [-0.2, 0) is 18.7 Å². The molecule has 0 amide bonds. The summed E-state index contributed by atoms with van der Waals surface area (Å²) in [5, 5.41) is 19.6. The number of aliphatic hydroxyl groups excluding tert-OH is 2. The number of rotatable bonds is 18. The first kappa shape index (κ1) is 33.8. The van der Waals surface area contributed by atoms with E-state index in [0.717, 1.165) is 6.42 Å². The van der Waals surface area contributed by atoms with Crippen LogP contribution in [0.4, 0.5) is 0 Å². The second kappa shape index (κ2) is 18.1. The molecule has 0 aromatic rings. The molecule has 0 aromatic carbocycles. The highest BCUT2D eigenvalue weighted by Gasteiger charge is 2.46. The zero-order valence-electron chi connectivity index (χ0n) is 23.5. The maximum atomic E-state index is 12.7. The van der Waals surface area contributed by atoms with Crippen molar-refractivity contribution >= 4 is 14.3 Å². The van der Waals surface area contributed by atoms with Crippen molar-refractivity contribution in [3.8, 4) is 11.8 Å². The van der Waals surface area contributed by atoms with Crippen LogP contribution in [0.5, 0.6) is 0 Å².